The topological polar surface area (TPSA) is 73.2 Å². The monoisotopic (exact) mass is 345 g/mol. The highest BCUT2D eigenvalue weighted by Gasteiger charge is 2.27. The third-order valence-electron chi connectivity index (χ3n) is 3.78. The Labute approximate surface area is 144 Å². The van der Waals surface area contributed by atoms with Gasteiger partial charge in [-0.2, -0.15) is 0 Å². The quantitative estimate of drug-likeness (QED) is 0.843. The molecule has 0 saturated heterocycles. The summed E-state index contributed by atoms with van der Waals surface area (Å²) in [6.07, 6.45) is 1.81. The van der Waals surface area contributed by atoms with Crippen LogP contribution < -0.4 is 15.6 Å². The summed E-state index contributed by atoms with van der Waals surface area (Å²) in [7, 11) is 0. The summed E-state index contributed by atoms with van der Waals surface area (Å²) in [4.78, 5) is 29.0. The van der Waals surface area contributed by atoms with Crippen LogP contribution in [-0.2, 0) is 4.79 Å². The summed E-state index contributed by atoms with van der Waals surface area (Å²) >= 11 is 1.51. The summed E-state index contributed by atoms with van der Waals surface area (Å²) in [5, 5.41) is 3.56. The van der Waals surface area contributed by atoms with E-state index in [1.807, 2.05) is 25.1 Å². The minimum atomic E-state index is -0.177. The molecule has 1 aromatic carbocycles. The van der Waals surface area contributed by atoms with Crippen LogP contribution >= 0.6 is 11.8 Å². The van der Waals surface area contributed by atoms with Gasteiger partial charge in [-0.05, 0) is 26.0 Å². The van der Waals surface area contributed by atoms with Gasteiger partial charge in [-0.15, -0.1) is 0 Å². The van der Waals surface area contributed by atoms with Crippen molar-refractivity contribution in [3.63, 3.8) is 0 Å². The number of carbonyl (C=O) groups is 1. The molecule has 126 valence electrons. The van der Waals surface area contributed by atoms with Crippen molar-refractivity contribution in [3.8, 4) is 5.75 Å². The molecular weight excluding hydrogens is 326 g/mol. The maximum Gasteiger partial charge on any atom is 0.257 e. The second-order valence-corrected chi connectivity index (χ2v) is 6.53. The highest BCUT2D eigenvalue weighted by atomic mass is 32.2. The molecule has 1 aliphatic heterocycles. The molecule has 6 nitrogen and oxygen atoms in total. The van der Waals surface area contributed by atoms with E-state index in [-0.39, 0.29) is 23.9 Å². The molecule has 0 bridgehead atoms. The summed E-state index contributed by atoms with van der Waals surface area (Å²) in [5.74, 6) is 1.17. The fourth-order valence-electron chi connectivity index (χ4n) is 2.64. The summed E-state index contributed by atoms with van der Waals surface area (Å²) < 4.78 is 7.15. The molecule has 0 unspecified atom stereocenters. The van der Waals surface area contributed by atoms with Crippen LogP contribution in [0.1, 0.15) is 24.9 Å². The lowest BCUT2D eigenvalue weighted by molar-refractivity contribution is -0.116. The maximum atomic E-state index is 12.4. The molecular formula is C17H19N3O3S. The van der Waals surface area contributed by atoms with E-state index in [4.69, 9.17) is 4.74 Å². The number of nitrogens with one attached hydrogen (secondary N) is 1. The van der Waals surface area contributed by atoms with Gasteiger partial charge in [-0.3, -0.25) is 14.2 Å². The van der Waals surface area contributed by atoms with Crippen LogP contribution in [0.3, 0.4) is 0 Å². The van der Waals surface area contributed by atoms with E-state index >= 15 is 0 Å². The van der Waals surface area contributed by atoms with Crippen molar-refractivity contribution in [3.05, 3.63) is 46.4 Å². The van der Waals surface area contributed by atoms with Gasteiger partial charge in [0.25, 0.3) is 5.56 Å². The minimum Gasteiger partial charge on any atom is -0.492 e. The van der Waals surface area contributed by atoms with Crippen molar-refractivity contribution in [2.45, 2.75) is 31.5 Å². The normalized spacial score (nSPS) is 15.8. The number of rotatable bonds is 5. The van der Waals surface area contributed by atoms with Crippen molar-refractivity contribution in [2.75, 3.05) is 17.7 Å². The van der Waals surface area contributed by atoms with Crippen molar-refractivity contribution in [1.29, 1.82) is 0 Å². The zero-order valence-electron chi connectivity index (χ0n) is 13.6. The van der Waals surface area contributed by atoms with Crippen LogP contribution in [0.5, 0.6) is 5.75 Å². The predicted octanol–water partition coefficient (Wildman–Crippen LogP) is 2.63. The second kappa shape index (κ2) is 7.09. The van der Waals surface area contributed by atoms with Crippen LogP contribution in [0.4, 0.5) is 5.69 Å². The van der Waals surface area contributed by atoms with Gasteiger partial charge in [0.15, 0.2) is 5.16 Å². The molecule has 0 saturated carbocycles. The Morgan fingerprint density at radius 3 is 3.04 bits per heavy atom. The molecule has 2 aromatic rings. The third kappa shape index (κ3) is 3.31. The first kappa shape index (κ1) is 16.6. The number of hydrogen-bond acceptors (Lipinski definition) is 5. The van der Waals surface area contributed by atoms with Crippen molar-refractivity contribution >= 4 is 23.4 Å². The van der Waals surface area contributed by atoms with E-state index in [1.165, 1.54) is 11.8 Å². The number of carbonyl (C=O) groups excluding carboxylic acids is 1. The molecule has 1 amide bonds. The Bertz CT molecular complexity index is 819. The summed E-state index contributed by atoms with van der Waals surface area (Å²) in [6.45, 7) is 4.16. The van der Waals surface area contributed by atoms with Crippen LogP contribution in [0.2, 0.25) is 0 Å². The molecule has 1 aromatic heterocycles. The van der Waals surface area contributed by atoms with Gasteiger partial charge >= 0.3 is 0 Å². The molecule has 1 aliphatic rings. The number of fused-ring (bicyclic) bond motifs is 1. The molecule has 7 heteroatoms. The van der Waals surface area contributed by atoms with Gasteiger partial charge in [0.05, 0.1) is 18.3 Å². The summed E-state index contributed by atoms with van der Waals surface area (Å²) in [5.41, 5.74) is 1.16. The zero-order chi connectivity index (χ0) is 17.1. The lowest BCUT2D eigenvalue weighted by Crippen LogP contribution is -2.28. The van der Waals surface area contributed by atoms with E-state index in [0.29, 0.717) is 34.5 Å². The summed E-state index contributed by atoms with van der Waals surface area (Å²) in [6, 6.07) is 7.15. The van der Waals surface area contributed by atoms with Gasteiger partial charge in [0.1, 0.15) is 5.75 Å². The zero-order valence-corrected chi connectivity index (χ0v) is 14.4. The predicted molar refractivity (Wildman–Crippen MR) is 93.9 cm³/mol. The van der Waals surface area contributed by atoms with E-state index in [9.17, 15) is 9.59 Å². The number of anilines is 1. The Morgan fingerprint density at radius 1 is 1.46 bits per heavy atom. The van der Waals surface area contributed by atoms with E-state index in [2.05, 4.69) is 10.3 Å². The largest absolute Gasteiger partial charge is 0.492 e. The second-order valence-electron chi connectivity index (χ2n) is 5.55. The first-order chi connectivity index (χ1) is 11.6. The van der Waals surface area contributed by atoms with E-state index in [1.54, 1.807) is 23.8 Å². The van der Waals surface area contributed by atoms with Gasteiger partial charge in [0, 0.05) is 23.9 Å². The first-order valence-electron chi connectivity index (χ1n) is 7.82. The number of para-hydroxylation sites is 2. The molecule has 24 heavy (non-hydrogen) atoms. The van der Waals surface area contributed by atoms with Crippen molar-refractivity contribution in [2.24, 2.45) is 0 Å². The van der Waals surface area contributed by atoms with Gasteiger partial charge in [-0.1, -0.05) is 23.9 Å². The van der Waals surface area contributed by atoms with Crippen molar-refractivity contribution < 1.29 is 9.53 Å². The smallest absolute Gasteiger partial charge is 0.257 e. The van der Waals surface area contributed by atoms with Crippen LogP contribution in [0.15, 0.2) is 40.4 Å². The number of amides is 1. The van der Waals surface area contributed by atoms with Crippen LogP contribution in [-0.4, -0.2) is 27.8 Å². The molecule has 0 spiro atoms. The molecule has 1 atom stereocenters. The Morgan fingerprint density at radius 2 is 2.25 bits per heavy atom. The maximum absolute atomic E-state index is 12.4. The average Bonchev–Trinajstić information content (AvgIpc) is 2.96. The average molecular weight is 345 g/mol. The SMILES string of the molecule is CCOc1ccccc1NC(=O)C[C@H]1CSc2ncc(C)c(=O)n21. The van der Waals surface area contributed by atoms with Crippen LogP contribution in [0, 0.1) is 6.92 Å². The Hall–Kier alpha value is -2.28. The van der Waals surface area contributed by atoms with Crippen molar-refractivity contribution in [1.82, 2.24) is 9.55 Å². The standard InChI is InChI=1S/C17H19N3O3S/c1-3-23-14-7-5-4-6-13(14)19-15(21)8-12-10-24-17-18-9-11(2)16(22)20(12)17/h4-7,9,12H,3,8,10H2,1-2H3,(H,19,21)/t12-/m0/s1. The van der Waals surface area contributed by atoms with Gasteiger partial charge in [0.2, 0.25) is 5.91 Å². The highest BCUT2D eigenvalue weighted by molar-refractivity contribution is 7.99. The molecule has 2 heterocycles. The number of aryl methyl sites for hydroxylation is 1. The molecule has 1 N–H and O–H groups in total. The lowest BCUT2D eigenvalue weighted by atomic mass is 10.2. The third-order valence-corrected chi connectivity index (χ3v) is 4.89. The molecule has 0 aliphatic carbocycles. The van der Waals surface area contributed by atoms with Crippen LogP contribution in [0.25, 0.3) is 0 Å². The van der Waals surface area contributed by atoms with Gasteiger partial charge < -0.3 is 10.1 Å². The lowest BCUT2D eigenvalue weighted by Gasteiger charge is -2.15. The Kier molecular flexibility index (Phi) is 4.89. The number of thioether (sulfide) groups is 1. The molecule has 0 radical (unpaired) electrons. The fourth-order valence-corrected chi connectivity index (χ4v) is 3.74. The fraction of sp³-hybridized carbons (Fsp3) is 0.353. The number of ether oxygens (including phenoxy) is 1. The van der Waals surface area contributed by atoms with E-state index in [0.717, 1.165) is 0 Å². The minimum absolute atomic E-state index is 0.0717. The number of hydrogen-bond donors (Lipinski definition) is 1. The number of benzene rings is 1. The number of aromatic nitrogens is 2. The van der Waals surface area contributed by atoms with Gasteiger partial charge in [-0.25, -0.2) is 4.98 Å². The van der Waals surface area contributed by atoms with E-state index < -0.39 is 0 Å². The molecule has 0 fully saturated rings. The first-order valence-corrected chi connectivity index (χ1v) is 8.81. The highest BCUT2D eigenvalue weighted by Crippen LogP contribution is 2.32. The molecule has 3 rings (SSSR count). The Balaban J connectivity index is 1.74. The number of nitrogens with zero attached hydrogens (tertiary/aromatic N) is 2.